The highest BCUT2D eigenvalue weighted by atomic mass is 32.2. The van der Waals surface area contributed by atoms with Gasteiger partial charge >= 0.3 is 0 Å². The van der Waals surface area contributed by atoms with E-state index in [0.29, 0.717) is 23.2 Å². The van der Waals surface area contributed by atoms with Gasteiger partial charge in [0.1, 0.15) is 0 Å². The van der Waals surface area contributed by atoms with E-state index < -0.39 is 4.92 Å². The van der Waals surface area contributed by atoms with Crippen molar-refractivity contribution >= 4 is 29.0 Å². The van der Waals surface area contributed by atoms with Crippen LogP contribution in [-0.2, 0) is 11.3 Å². The number of nitro benzene ring substituents is 1. The topological polar surface area (TPSA) is 116 Å². The van der Waals surface area contributed by atoms with E-state index in [9.17, 15) is 14.9 Å². The number of benzene rings is 1. The summed E-state index contributed by atoms with van der Waals surface area (Å²) in [6, 6.07) is 9.46. The Bertz CT molecular complexity index is 1010. The summed E-state index contributed by atoms with van der Waals surface area (Å²) in [7, 11) is 0. The molecule has 0 saturated carbocycles. The standard InChI is InChI=1S/C18H16N6O3S/c1-2-9-23-17(13-5-4-8-19-11-13)21-22-18(23)28-12-16(25)20-14-6-3-7-15(10-14)24(26)27/h2-8,10-11H,1,9,12H2,(H,20,25). The van der Waals surface area contributed by atoms with Gasteiger partial charge < -0.3 is 5.32 Å². The number of carbonyl (C=O) groups is 1. The van der Waals surface area contributed by atoms with E-state index in [-0.39, 0.29) is 17.3 Å². The molecule has 9 nitrogen and oxygen atoms in total. The van der Waals surface area contributed by atoms with E-state index in [4.69, 9.17) is 0 Å². The maximum atomic E-state index is 12.2. The minimum absolute atomic E-state index is 0.0744. The van der Waals surface area contributed by atoms with Gasteiger partial charge in [0, 0.05) is 42.3 Å². The fourth-order valence-corrected chi connectivity index (χ4v) is 3.17. The average molecular weight is 396 g/mol. The molecule has 10 heteroatoms. The second kappa shape index (κ2) is 8.91. The summed E-state index contributed by atoms with van der Waals surface area (Å²) < 4.78 is 1.84. The van der Waals surface area contributed by atoms with Crippen LogP contribution in [0.2, 0.25) is 0 Å². The third-order valence-electron chi connectivity index (χ3n) is 3.62. The van der Waals surface area contributed by atoms with Crippen LogP contribution < -0.4 is 5.32 Å². The third kappa shape index (κ3) is 4.60. The van der Waals surface area contributed by atoms with Gasteiger partial charge in [-0.2, -0.15) is 0 Å². The molecular formula is C18H16N6O3S. The third-order valence-corrected chi connectivity index (χ3v) is 4.59. The Morgan fingerprint density at radius 1 is 1.32 bits per heavy atom. The monoisotopic (exact) mass is 396 g/mol. The summed E-state index contributed by atoms with van der Waals surface area (Å²) in [6.45, 7) is 4.23. The van der Waals surface area contributed by atoms with Crippen molar-refractivity contribution in [1.29, 1.82) is 0 Å². The molecule has 0 bridgehead atoms. The first-order valence-electron chi connectivity index (χ1n) is 8.20. The van der Waals surface area contributed by atoms with Crippen molar-refractivity contribution in [3.05, 3.63) is 71.6 Å². The lowest BCUT2D eigenvalue weighted by Gasteiger charge is -2.08. The zero-order valence-electron chi connectivity index (χ0n) is 14.7. The van der Waals surface area contributed by atoms with E-state index in [1.165, 1.54) is 30.0 Å². The van der Waals surface area contributed by atoms with Gasteiger partial charge in [-0.15, -0.1) is 16.8 Å². The highest BCUT2D eigenvalue weighted by Gasteiger charge is 2.15. The number of anilines is 1. The summed E-state index contributed by atoms with van der Waals surface area (Å²) >= 11 is 1.22. The van der Waals surface area contributed by atoms with Crippen LogP contribution in [0.4, 0.5) is 11.4 Å². The minimum atomic E-state index is -0.512. The first-order valence-corrected chi connectivity index (χ1v) is 9.18. The van der Waals surface area contributed by atoms with Gasteiger partial charge in [0.25, 0.3) is 5.69 Å². The second-order valence-electron chi connectivity index (χ2n) is 5.59. The summed E-state index contributed by atoms with van der Waals surface area (Å²) in [4.78, 5) is 26.6. The number of thioether (sulfide) groups is 1. The number of non-ortho nitro benzene ring substituents is 1. The molecule has 0 radical (unpaired) electrons. The Morgan fingerprint density at radius 2 is 2.18 bits per heavy atom. The number of nitrogens with one attached hydrogen (secondary N) is 1. The average Bonchev–Trinajstić information content (AvgIpc) is 3.10. The Balaban J connectivity index is 1.69. The number of amides is 1. The quantitative estimate of drug-likeness (QED) is 0.269. The van der Waals surface area contributed by atoms with Gasteiger partial charge in [0.2, 0.25) is 5.91 Å². The van der Waals surface area contributed by atoms with Crippen LogP contribution in [0, 0.1) is 10.1 Å². The molecule has 0 unspecified atom stereocenters. The number of carbonyl (C=O) groups excluding carboxylic acids is 1. The Morgan fingerprint density at radius 3 is 2.89 bits per heavy atom. The molecule has 1 aromatic carbocycles. The lowest BCUT2D eigenvalue weighted by atomic mass is 10.3. The van der Waals surface area contributed by atoms with E-state index in [1.807, 2.05) is 16.7 Å². The lowest BCUT2D eigenvalue weighted by molar-refractivity contribution is -0.384. The van der Waals surface area contributed by atoms with Crippen LogP contribution in [0.5, 0.6) is 0 Å². The predicted molar refractivity (Wildman–Crippen MR) is 106 cm³/mol. The maximum absolute atomic E-state index is 12.2. The number of hydrogen-bond acceptors (Lipinski definition) is 7. The number of allylic oxidation sites excluding steroid dienone is 1. The molecule has 3 rings (SSSR count). The van der Waals surface area contributed by atoms with Crippen molar-refractivity contribution in [3.8, 4) is 11.4 Å². The first kappa shape index (κ1) is 19.2. The first-order chi connectivity index (χ1) is 13.6. The number of hydrogen-bond donors (Lipinski definition) is 1. The Hall–Kier alpha value is -3.53. The van der Waals surface area contributed by atoms with Crippen LogP contribution >= 0.6 is 11.8 Å². The molecule has 0 aliphatic rings. The highest BCUT2D eigenvalue weighted by molar-refractivity contribution is 7.99. The van der Waals surface area contributed by atoms with Gasteiger partial charge in [0.15, 0.2) is 11.0 Å². The fraction of sp³-hybridized carbons (Fsp3) is 0.111. The van der Waals surface area contributed by atoms with Crippen LogP contribution in [0.15, 0.2) is 66.6 Å². The van der Waals surface area contributed by atoms with Crippen molar-refractivity contribution in [2.45, 2.75) is 11.7 Å². The van der Waals surface area contributed by atoms with Crippen LogP contribution in [-0.4, -0.2) is 36.3 Å². The molecular weight excluding hydrogens is 380 g/mol. The van der Waals surface area contributed by atoms with Crippen molar-refractivity contribution in [1.82, 2.24) is 19.7 Å². The van der Waals surface area contributed by atoms with Crippen molar-refractivity contribution in [3.63, 3.8) is 0 Å². The molecule has 142 valence electrons. The number of pyridine rings is 1. The van der Waals surface area contributed by atoms with Crippen molar-refractivity contribution in [2.24, 2.45) is 0 Å². The zero-order chi connectivity index (χ0) is 19.9. The molecule has 28 heavy (non-hydrogen) atoms. The van der Waals surface area contributed by atoms with E-state index in [1.54, 1.807) is 24.5 Å². The van der Waals surface area contributed by atoms with Gasteiger partial charge in [0.05, 0.1) is 10.7 Å². The van der Waals surface area contributed by atoms with Crippen molar-refractivity contribution < 1.29 is 9.72 Å². The molecule has 0 saturated heterocycles. The normalized spacial score (nSPS) is 10.4. The molecule has 0 aliphatic heterocycles. The summed E-state index contributed by atoms with van der Waals surface area (Å²) in [6.07, 6.45) is 5.08. The maximum Gasteiger partial charge on any atom is 0.271 e. The molecule has 0 spiro atoms. The molecule has 0 aliphatic carbocycles. The molecule has 1 N–H and O–H groups in total. The van der Waals surface area contributed by atoms with Gasteiger partial charge in [-0.1, -0.05) is 23.9 Å². The number of nitro groups is 1. The van der Waals surface area contributed by atoms with Crippen LogP contribution in [0.3, 0.4) is 0 Å². The van der Waals surface area contributed by atoms with E-state index in [2.05, 4.69) is 27.1 Å². The largest absolute Gasteiger partial charge is 0.325 e. The van der Waals surface area contributed by atoms with Crippen LogP contribution in [0.1, 0.15) is 0 Å². The van der Waals surface area contributed by atoms with E-state index in [0.717, 1.165) is 5.56 Å². The molecule has 0 fully saturated rings. The molecule has 2 heterocycles. The Kier molecular flexibility index (Phi) is 6.12. The zero-order valence-corrected chi connectivity index (χ0v) is 15.5. The number of nitrogens with zero attached hydrogens (tertiary/aromatic N) is 5. The second-order valence-corrected chi connectivity index (χ2v) is 6.53. The van der Waals surface area contributed by atoms with Crippen LogP contribution in [0.25, 0.3) is 11.4 Å². The summed E-state index contributed by atoms with van der Waals surface area (Å²) in [5, 5.41) is 22.4. The SMILES string of the molecule is C=CCn1c(SCC(=O)Nc2cccc([N+](=O)[O-])c2)nnc1-c1cccnc1. The minimum Gasteiger partial charge on any atom is -0.325 e. The molecule has 3 aromatic rings. The Labute approximate surface area is 164 Å². The predicted octanol–water partition coefficient (Wildman–Crippen LogP) is 3.17. The molecule has 0 atom stereocenters. The number of aromatic nitrogens is 4. The highest BCUT2D eigenvalue weighted by Crippen LogP contribution is 2.24. The fourth-order valence-electron chi connectivity index (χ4n) is 2.42. The van der Waals surface area contributed by atoms with Gasteiger partial charge in [-0.3, -0.25) is 24.5 Å². The van der Waals surface area contributed by atoms with Gasteiger partial charge in [-0.25, -0.2) is 0 Å². The smallest absolute Gasteiger partial charge is 0.271 e. The van der Waals surface area contributed by atoms with Crippen molar-refractivity contribution in [2.75, 3.05) is 11.1 Å². The molecule has 1 amide bonds. The summed E-state index contributed by atoms with van der Waals surface area (Å²) in [5.74, 6) is 0.404. The van der Waals surface area contributed by atoms with E-state index >= 15 is 0 Å². The number of rotatable bonds is 8. The lowest BCUT2D eigenvalue weighted by Crippen LogP contribution is -2.14. The molecule has 2 aromatic heterocycles. The van der Waals surface area contributed by atoms with Gasteiger partial charge in [-0.05, 0) is 18.2 Å². The summed E-state index contributed by atoms with van der Waals surface area (Å²) in [5.41, 5.74) is 1.09.